The van der Waals surface area contributed by atoms with E-state index in [0.717, 1.165) is 0 Å². The van der Waals surface area contributed by atoms with Crippen molar-refractivity contribution in [3.05, 3.63) is 28.8 Å². The van der Waals surface area contributed by atoms with Gasteiger partial charge in [-0.3, -0.25) is 0 Å². The van der Waals surface area contributed by atoms with Crippen LogP contribution in [0.15, 0.2) is 12.1 Å². The Balaban J connectivity index is 3.34. The van der Waals surface area contributed by atoms with Gasteiger partial charge in [0.15, 0.2) is 0 Å². The summed E-state index contributed by atoms with van der Waals surface area (Å²) in [5.41, 5.74) is 4.30. The molecule has 2 radical (unpaired) electrons. The van der Waals surface area contributed by atoms with Gasteiger partial charge in [-0.15, -0.1) is 0 Å². The first-order valence-electron chi connectivity index (χ1n) is 3.38. The number of aryl methyl sites for hydroxylation is 1. The van der Waals surface area contributed by atoms with Gasteiger partial charge in [-0.25, -0.2) is 0 Å². The topological polar surface area (TPSA) is 0 Å². The second kappa shape index (κ2) is 2.96. The Morgan fingerprint density at radius 3 is 2.10 bits per heavy atom. The Kier molecular flexibility index (Phi) is 2.41. The molecule has 0 N–H and O–H groups in total. The molecular formula is C9H11Sb. The average Bonchev–Trinajstić information content (AvgIpc) is 1.93. The van der Waals surface area contributed by atoms with Gasteiger partial charge in [-0.05, 0) is 0 Å². The molecule has 1 rings (SSSR count). The SMILES string of the molecule is Cc1cc[c]([Sb])c(C)c1C. The van der Waals surface area contributed by atoms with Crippen LogP contribution >= 0.6 is 0 Å². The first-order valence-corrected chi connectivity index (χ1v) is 4.66. The van der Waals surface area contributed by atoms with Crippen LogP contribution in [-0.4, -0.2) is 23.0 Å². The monoisotopic (exact) mass is 240 g/mol. The summed E-state index contributed by atoms with van der Waals surface area (Å²) in [5, 5.41) is 0. The summed E-state index contributed by atoms with van der Waals surface area (Å²) >= 11 is 1.80. The summed E-state index contributed by atoms with van der Waals surface area (Å²) in [6.45, 7) is 6.54. The number of rotatable bonds is 0. The van der Waals surface area contributed by atoms with Crippen LogP contribution in [0.4, 0.5) is 0 Å². The molecule has 0 amide bonds. The van der Waals surface area contributed by atoms with Crippen molar-refractivity contribution in [3.63, 3.8) is 0 Å². The third-order valence-corrected chi connectivity index (χ3v) is 3.41. The third-order valence-electron chi connectivity index (χ3n) is 2.03. The Labute approximate surface area is 76.1 Å². The van der Waals surface area contributed by atoms with Crippen LogP contribution in [0.2, 0.25) is 0 Å². The second-order valence-electron chi connectivity index (χ2n) is 2.65. The van der Waals surface area contributed by atoms with Gasteiger partial charge in [0.1, 0.15) is 0 Å². The van der Waals surface area contributed by atoms with E-state index in [1.54, 1.807) is 23.0 Å². The molecule has 0 spiro atoms. The molecule has 52 valence electrons. The number of benzene rings is 1. The predicted octanol–water partition coefficient (Wildman–Crippen LogP) is 1.41. The first-order chi connectivity index (χ1) is 4.63. The van der Waals surface area contributed by atoms with Gasteiger partial charge in [0.05, 0.1) is 0 Å². The molecule has 1 aromatic carbocycles. The van der Waals surface area contributed by atoms with Gasteiger partial charge in [0, 0.05) is 0 Å². The molecule has 0 aliphatic carbocycles. The van der Waals surface area contributed by atoms with E-state index in [9.17, 15) is 0 Å². The summed E-state index contributed by atoms with van der Waals surface area (Å²) in [5.74, 6) is 0. The van der Waals surface area contributed by atoms with Crippen molar-refractivity contribution in [1.82, 2.24) is 0 Å². The Hall–Kier alpha value is 0.0382. The van der Waals surface area contributed by atoms with E-state index in [0.29, 0.717) is 0 Å². The zero-order valence-corrected chi connectivity index (χ0v) is 9.15. The molecule has 0 saturated heterocycles. The molecule has 0 atom stereocenters. The molecule has 0 saturated carbocycles. The zero-order chi connectivity index (χ0) is 7.72. The maximum absolute atomic E-state index is 2.20. The van der Waals surface area contributed by atoms with Crippen molar-refractivity contribution in [1.29, 1.82) is 0 Å². The van der Waals surface area contributed by atoms with Gasteiger partial charge < -0.3 is 0 Å². The molecule has 0 aliphatic rings. The summed E-state index contributed by atoms with van der Waals surface area (Å²) < 4.78 is 1.44. The van der Waals surface area contributed by atoms with Gasteiger partial charge in [-0.2, -0.15) is 0 Å². The van der Waals surface area contributed by atoms with E-state index in [1.165, 1.54) is 20.2 Å². The summed E-state index contributed by atoms with van der Waals surface area (Å²) in [6.07, 6.45) is 0. The van der Waals surface area contributed by atoms with Crippen LogP contribution in [0.5, 0.6) is 0 Å². The van der Waals surface area contributed by atoms with Crippen LogP contribution < -0.4 is 3.51 Å². The van der Waals surface area contributed by atoms with Crippen molar-refractivity contribution in [2.45, 2.75) is 20.8 Å². The molecule has 0 aliphatic heterocycles. The van der Waals surface area contributed by atoms with Crippen molar-refractivity contribution >= 4 is 26.5 Å². The van der Waals surface area contributed by atoms with Crippen LogP contribution in [-0.2, 0) is 0 Å². The van der Waals surface area contributed by atoms with E-state index in [1.807, 2.05) is 0 Å². The van der Waals surface area contributed by atoms with Crippen molar-refractivity contribution in [3.8, 4) is 0 Å². The Morgan fingerprint density at radius 1 is 1.00 bits per heavy atom. The fraction of sp³-hybridized carbons (Fsp3) is 0.333. The van der Waals surface area contributed by atoms with Crippen LogP contribution in [0.1, 0.15) is 16.7 Å². The zero-order valence-electron chi connectivity index (χ0n) is 6.60. The van der Waals surface area contributed by atoms with Crippen LogP contribution in [0.3, 0.4) is 0 Å². The molecule has 10 heavy (non-hydrogen) atoms. The van der Waals surface area contributed by atoms with Gasteiger partial charge >= 0.3 is 76.1 Å². The van der Waals surface area contributed by atoms with Gasteiger partial charge in [0.2, 0.25) is 0 Å². The predicted molar refractivity (Wildman–Crippen MR) is 46.0 cm³/mol. The Bertz CT molecular complexity index is 224. The van der Waals surface area contributed by atoms with Crippen LogP contribution in [0, 0.1) is 20.8 Å². The average molecular weight is 241 g/mol. The quantitative estimate of drug-likeness (QED) is 0.602. The van der Waals surface area contributed by atoms with E-state index in [2.05, 4.69) is 32.9 Å². The Morgan fingerprint density at radius 2 is 1.60 bits per heavy atom. The number of hydrogen-bond acceptors (Lipinski definition) is 0. The molecular weight excluding hydrogens is 230 g/mol. The molecule has 0 unspecified atom stereocenters. The van der Waals surface area contributed by atoms with E-state index in [4.69, 9.17) is 0 Å². The van der Waals surface area contributed by atoms with E-state index >= 15 is 0 Å². The normalized spacial score (nSPS) is 10.0. The fourth-order valence-electron chi connectivity index (χ4n) is 0.942. The van der Waals surface area contributed by atoms with Crippen molar-refractivity contribution in [2.24, 2.45) is 0 Å². The summed E-state index contributed by atoms with van der Waals surface area (Å²) in [4.78, 5) is 0. The molecule has 0 bridgehead atoms. The minimum absolute atomic E-state index is 1.40. The fourth-order valence-corrected chi connectivity index (χ4v) is 1.63. The summed E-state index contributed by atoms with van der Waals surface area (Å²) in [6, 6.07) is 4.39. The molecule has 0 fully saturated rings. The molecule has 0 aromatic heterocycles. The van der Waals surface area contributed by atoms with Crippen molar-refractivity contribution in [2.75, 3.05) is 0 Å². The summed E-state index contributed by atoms with van der Waals surface area (Å²) in [7, 11) is 0. The molecule has 1 aromatic rings. The molecule has 0 nitrogen and oxygen atoms in total. The standard InChI is InChI=1S/C9H11.Sb/c1-7-5-4-6-8(2)9(7)3;/h4-5H,1-3H3;. The third kappa shape index (κ3) is 1.37. The van der Waals surface area contributed by atoms with Crippen molar-refractivity contribution < 1.29 is 0 Å². The second-order valence-corrected chi connectivity index (χ2v) is 4.03. The van der Waals surface area contributed by atoms with E-state index < -0.39 is 0 Å². The molecule has 1 heteroatoms. The minimum atomic E-state index is 1.40. The maximum atomic E-state index is 2.20. The molecule has 0 heterocycles. The van der Waals surface area contributed by atoms with Gasteiger partial charge in [-0.1, -0.05) is 0 Å². The van der Waals surface area contributed by atoms with Crippen LogP contribution in [0.25, 0.3) is 0 Å². The number of hydrogen-bond donors (Lipinski definition) is 0. The first kappa shape index (κ1) is 8.14. The van der Waals surface area contributed by atoms with E-state index in [-0.39, 0.29) is 0 Å². The van der Waals surface area contributed by atoms with Gasteiger partial charge in [0.25, 0.3) is 0 Å².